The number of nitrogens with one attached hydrogen (secondary N) is 2. The molecule has 5 heteroatoms. The zero-order chi connectivity index (χ0) is 10.2. The maximum atomic E-state index is 11.6. The first kappa shape index (κ1) is 9.45. The molecule has 1 aliphatic heterocycles. The molecule has 0 aromatic carbocycles. The summed E-state index contributed by atoms with van der Waals surface area (Å²) in [6, 6.07) is 0. The number of aliphatic imine (C=N–C) groups is 1. The number of rotatable bonds is 2. The summed E-state index contributed by atoms with van der Waals surface area (Å²) in [6.07, 6.45) is 1.70. The standard InChI is InChI=1S/C9H15N3O2/c1-3-14-6-4-9(5-6)7(13)11-8(10-2)12-9/h6H,3-5H2,1-2H3,(H2,10,11,12,13). The number of hydrogen-bond donors (Lipinski definition) is 2. The van der Waals surface area contributed by atoms with Crippen LogP contribution in [0.25, 0.3) is 0 Å². The van der Waals surface area contributed by atoms with Gasteiger partial charge < -0.3 is 10.1 Å². The third kappa shape index (κ3) is 1.28. The normalized spacial score (nSPS) is 38.3. The van der Waals surface area contributed by atoms with Gasteiger partial charge in [0.05, 0.1) is 6.10 Å². The topological polar surface area (TPSA) is 62.7 Å². The highest BCUT2D eigenvalue weighted by molar-refractivity contribution is 6.09. The van der Waals surface area contributed by atoms with Crippen molar-refractivity contribution in [3.05, 3.63) is 0 Å². The van der Waals surface area contributed by atoms with Gasteiger partial charge in [0.25, 0.3) is 5.91 Å². The molecule has 1 aliphatic carbocycles. The molecule has 5 nitrogen and oxygen atoms in total. The first-order valence-corrected chi connectivity index (χ1v) is 4.88. The first-order chi connectivity index (χ1) is 6.70. The Bertz CT molecular complexity index is 282. The van der Waals surface area contributed by atoms with E-state index in [1.54, 1.807) is 7.05 Å². The Hall–Kier alpha value is -1.10. The van der Waals surface area contributed by atoms with Crippen molar-refractivity contribution >= 4 is 11.9 Å². The monoisotopic (exact) mass is 197 g/mol. The highest BCUT2D eigenvalue weighted by atomic mass is 16.5. The lowest BCUT2D eigenvalue weighted by atomic mass is 9.74. The molecule has 2 aliphatic rings. The summed E-state index contributed by atoms with van der Waals surface area (Å²) in [5, 5.41) is 5.80. The number of nitrogens with zero attached hydrogens (tertiary/aromatic N) is 1. The summed E-state index contributed by atoms with van der Waals surface area (Å²) in [5.41, 5.74) is -0.436. The molecule has 14 heavy (non-hydrogen) atoms. The molecule has 2 rings (SSSR count). The van der Waals surface area contributed by atoms with Gasteiger partial charge in [-0.15, -0.1) is 0 Å². The van der Waals surface area contributed by atoms with Crippen molar-refractivity contribution < 1.29 is 9.53 Å². The maximum Gasteiger partial charge on any atom is 0.252 e. The molecule has 0 aromatic heterocycles. The van der Waals surface area contributed by atoms with Crippen LogP contribution in [0.3, 0.4) is 0 Å². The van der Waals surface area contributed by atoms with Gasteiger partial charge in [0.2, 0.25) is 0 Å². The Labute approximate surface area is 82.9 Å². The van der Waals surface area contributed by atoms with Crippen molar-refractivity contribution in [2.45, 2.75) is 31.4 Å². The van der Waals surface area contributed by atoms with Gasteiger partial charge in [0.1, 0.15) is 5.54 Å². The lowest BCUT2D eigenvalue weighted by molar-refractivity contribution is -0.134. The molecule has 0 aromatic rings. The molecular formula is C9H15N3O2. The average Bonchev–Trinajstić information content (AvgIpc) is 2.43. The number of guanidine groups is 1. The average molecular weight is 197 g/mol. The van der Waals surface area contributed by atoms with Gasteiger partial charge in [-0.1, -0.05) is 0 Å². The van der Waals surface area contributed by atoms with Crippen LogP contribution >= 0.6 is 0 Å². The molecule has 1 saturated heterocycles. The predicted molar refractivity (Wildman–Crippen MR) is 52.0 cm³/mol. The molecule has 0 radical (unpaired) electrons. The number of carbonyl (C=O) groups excluding carboxylic acids is 1. The Morgan fingerprint density at radius 2 is 2.36 bits per heavy atom. The minimum Gasteiger partial charge on any atom is -0.378 e. The van der Waals surface area contributed by atoms with Gasteiger partial charge in [-0.3, -0.25) is 15.1 Å². The van der Waals surface area contributed by atoms with Crippen molar-refractivity contribution in [1.29, 1.82) is 0 Å². The van der Waals surface area contributed by atoms with E-state index in [-0.39, 0.29) is 12.0 Å². The second-order valence-electron chi connectivity index (χ2n) is 3.72. The van der Waals surface area contributed by atoms with Crippen LogP contribution in [0.15, 0.2) is 4.99 Å². The number of hydrogen-bond acceptors (Lipinski definition) is 3. The van der Waals surface area contributed by atoms with E-state index in [0.717, 1.165) is 12.8 Å². The van der Waals surface area contributed by atoms with Crippen molar-refractivity contribution in [2.24, 2.45) is 4.99 Å². The summed E-state index contributed by atoms with van der Waals surface area (Å²) in [6.45, 7) is 2.67. The second kappa shape index (κ2) is 3.24. The lowest BCUT2D eigenvalue weighted by Crippen LogP contribution is -2.59. The van der Waals surface area contributed by atoms with Crippen molar-refractivity contribution in [3.8, 4) is 0 Å². The zero-order valence-electron chi connectivity index (χ0n) is 8.46. The number of carbonyl (C=O) groups is 1. The molecule has 1 saturated carbocycles. The van der Waals surface area contributed by atoms with Crippen molar-refractivity contribution in [2.75, 3.05) is 13.7 Å². The highest BCUT2D eigenvalue weighted by Crippen LogP contribution is 2.36. The summed E-state index contributed by atoms with van der Waals surface area (Å²) in [5.74, 6) is 0.596. The summed E-state index contributed by atoms with van der Waals surface area (Å²) < 4.78 is 5.42. The molecule has 1 spiro atoms. The predicted octanol–water partition coefficient (Wildman–Crippen LogP) is -0.371. The maximum absolute atomic E-state index is 11.6. The zero-order valence-corrected chi connectivity index (χ0v) is 8.46. The fraction of sp³-hybridized carbons (Fsp3) is 0.778. The van der Waals surface area contributed by atoms with E-state index >= 15 is 0 Å². The molecule has 78 valence electrons. The van der Waals surface area contributed by atoms with E-state index in [9.17, 15) is 4.79 Å². The van der Waals surface area contributed by atoms with Gasteiger partial charge >= 0.3 is 0 Å². The Balaban J connectivity index is 1.97. The van der Waals surface area contributed by atoms with Crippen molar-refractivity contribution in [1.82, 2.24) is 10.6 Å². The third-order valence-electron chi connectivity index (χ3n) is 2.80. The lowest BCUT2D eigenvalue weighted by Gasteiger charge is -2.41. The van der Waals surface area contributed by atoms with E-state index < -0.39 is 5.54 Å². The summed E-state index contributed by atoms with van der Waals surface area (Å²) >= 11 is 0. The van der Waals surface area contributed by atoms with Gasteiger partial charge in [0, 0.05) is 26.5 Å². The van der Waals surface area contributed by atoms with Crippen LogP contribution in [0, 0.1) is 0 Å². The second-order valence-corrected chi connectivity index (χ2v) is 3.72. The smallest absolute Gasteiger partial charge is 0.252 e. The Morgan fingerprint density at radius 3 is 2.86 bits per heavy atom. The van der Waals surface area contributed by atoms with Crippen LogP contribution in [0.5, 0.6) is 0 Å². The van der Waals surface area contributed by atoms with Crippen LogP contribution in [-0.2, 0) is 9.53 Å². The highest BCUT2D eigenvalue weighted by Gasteiger charge is 2.54. The van der Waals surface area contributed by atoms with E-state index in [1.807, 2.05) is 6.92 Å². The quantitative estimate of drug-likeness (QED) is 0.635. The molecule has 0 unspecified atom stereocenters. The van der Waals surface area contributed by atoms with E-state index in [2.05, 4.69) is 15.6 Å². The molecule has 0 bridgehead atoms. The van der Waals surface area contributed by atoms with Gasteiger partial charge in [-0.05, 0) is 6.92 Å². The number of amides is 1. The van der Waals surface area contributed by atoms with E-state index in [4.69, 9.17) is 4.74 Å². The Morgan fingerprint density at radius 1 is 1.64 bits per heavy atom. The van der Waals surface area contributed by atoms with Crippen LogP contribution in [0.1, 0.15) is 19.8 Å². The van der Waals surface area contributed by atoms with Crippen LogP contribution in [0.2, 0.25) is 0 Å². The van der Waals surface area contributed by atoms with Gasteiger partial charge in [0.15, 0.2) is 5.96 Å². The van der Waals surface area contributed by atoms with Crippen LogP contribution < -0.4 is 10.6 Å². The molecular weight excluding hydrogens is 182 g/mol. The summed E-state index contributed by atoms with van der Waals surface area (Å²) in [7, 11) is 1.65. The van der Waals surface area contributed by atoms with Gasteiger partial charge in [-0.25, -0.2) is 0 Å². The van der Waals surface area contributed by atoms with Crippen LogP contribution in [-0.4, -0.2) is 37.2 Å². The van der Waals surface area contributed by atoms with E-state index in [0.29, 0.717) is 12.6 Å². The van der Waals surface area contributed by atoms with Crippen LogP contribution in [0.4, 0.5) is 0 Å². The minimum absolute atomic E-state index is 0.0223. The fourth-order valence-corrected chi connectivity index (χ4v) is 2.01. The first-order valence-electron chi connectivity index (χ1n) is 4.88. The number of ether oxygens (including phenoxy) is 1. The summed E-state index contributed by atoms with van der Waals surface area (Å²) in [4.78, 5) is 15.5. The minimum atomic E-state index is -0.436. The fourth-order valence-electron chi connectivity index (χ4n) is 2.01. The van der Waals surface area contributed by atoms with Crippen molar-refractivity contribution in [3.63, 3.8) is 0 Å². The third-order valence-corrected chi connectivity index (χ3v) is 2.80. The largest absolute Gasteiger partial charge is 0.378 e. The molecule has 1 heterocycles. The molecule has 2 fully saturated rings. The molecule has 2 N–H and O–H groups in total. The Kier molecular flexibility index (Phi) is 2.19. The SMILES string of the molecule is CCOC1CC2(C1)NC(=NC)NC2=O. The molecule has 1 amide bonds. The van der Waals surface area contributed by atoms with Gasteiger partial charge in [-0.2, -0.15) is 0 Å². The molecule has 0 atom stereocenters. The van der Waals surface area contributed by atoms with E-state index in [1.165, 1.54) is 0 Å².